The van der Waals surface area contributed by atoms with Crippen LogP contribution in [0.2, 0.25) is 0 Å². The number of halogens is 1. The summed E-state index contributed by atoms with van der Waals surface area (Å²) in [5, 5.41) is 7.04. The van der Waals surface area contributed by atoms with Crippen LogP contribution in [0, 0.1) is 5.82 Å². The van der Waals surface area contributed by atoms with E-state index in [0.29, 0.717) is 22.9 Å². The second-order valence-electron chi connectivity index (χ2n) is 5.99. The SMILES string of the molecule is O=C(Nc1ccccc1Oc1ccccc1)c1ccn(-c2cccc(F)c2)n1. The molecule has 0 unspecified atom stereocenters. The molecule has 28 heavy (non-hydrogen) atoms. The first-order chi connectivity index (χ1) is 13.7. The molecule has 1 aromatic heterocycles. The summed E-state index contributed by atoms with van der Waals surface area (Å²) in [4.78, 5) is 12.6. The van der Waals surface area contributed by atoms with Gasteiger partial charge in [-0.15, -0.1) is 0 Å². The van der Waals surface area contributed by atoms with E-state index < -0.39 is 0 Å². The zero-order chi connectivity index (χ0) is 19.3. The standard InChI is InChI=1S/C22H16FN3O2/c23-16-7-6-8-17(15-16)26-14-13-20(25-26)22(27)24-19-11-4-5-12-21(19)28-18-9-2-1-3-10-18/h1-15H,(H,24,27). The van der Waals surface area contributed by atoms with Gasteiger partial charge in [0.1, 0.15) is 11.6 Å². The molecule has 4 aromatic rings. The lowest BCUT2D eigenvalue weighted by Gasteiger charge is -2.11. The van der Waals surface area contributed by atoms with E-state index in [2.05, 4.69) is 10.4 Å². The Labute approximate surface area is 161 Å². The molecule has 0 fully saturated rings. The average Bonchev–Trinajstić information content (AvgIpc) is 3.21. The molecule has 3 aromatic carbocycles. The Morgan fingerprint density at radius 2 is 1.71 bits per heavy atom. The Hall–Kier alpha value is -3.93. The van der Waals surface area contributed by atoms with E-state index in [4.69, 9.17) is 4.74 Å². The lowest BCUT2D eigenvalue weighted by atomic mass is 10.2. The molecule has 0 aliphatic carbocycles. The molecule has 1 N–H and O–H groups in total. The molecule has 1 amide bonds. The smallest absolute Gasteiger partial charge is 0.276 e. The maximum absolute atomic E-state index is 13.4. The summed E-state index contributed by atoms with van der Waals surface area (Å²) in [6.45, 7) is 0. The number of hydrogen-bond acceptors (Lipinski definition) is 3. The Morgan fingerprint density at radius 3 is 2.54 bits per heavy atom. The molecule has 0 saturated carbocycles. The maximum atomic E-state index is 13.4. The van der Waals surface area contributed by atoms with Gasteiger partial charge >= 0.3 is 0 Å². The van der Waals surface area contributed by atoms with Crippen LogP contribution in [-0.4, -0.2) is 15.7 Å². The number of carbonyl (C=O) groups excluding carboxylic acids is 1. The number of carbonyl (C=O) groups is 1. The highest BCUT2D eigenvalue weighted by Gasteiger charge is 2.13. The van der Waals surface area contributed by atoms with Crippen molar-refractivity contribution in [2.24, 2.45) is 0 Å². The van der Waals surface area contributed by atoms with Gasteiger partial charge in [0.05, 0.1) is 11.4 Å². The minimum absolute atomic E-state index is 0.207. The molecule has 0 radical (unpaired) electrons. The highest BCUT2D eigenvalue weighted by molar-refractivity contribution is 6.03. The summed E-state index contributed by atoms with van der Waals surface area (Å²) in [7, 11) is 0. The minimum atomic E-state index is -0.390. The Morgan fingerprint density at radius 1 is 0.929 bits per heavy atom. The zero-order valence-electron chi connectivity index (χ0n) is 14.7. The van der Waals surface area contributed by atoms with Gasteiger partial charge in [0.2, 0.25) is 0 Å². The molecule has 0 aliphatic rings. The van der Waals surface area contributed by atoms with Crippen molar-refractivity contribution in [3.05, 3.63) is 103 Å². The van der Waals surface area contributed by atoms with E-state index >= 15 is 0 Å². The highest BCUT2D eigenvalue weighted by atomic mass is 19.1. The Balaban J connectivity index is 1.53. The summed E-state index contributed by atoms with van der Waals surface area (Å²) in [5.74, 6) is 0.427. The molecule has 6 heteroatoms. The van der Waals surface area contributed by atoms with Crippen molar-refractivity contribution in [2.75, 3.05) is 5.32 Å². The molecule has 0 atom stereocenters. The number of aromatic nitrogens is 2. The van der Waals surface area contributed by atoms with Gasteiger partial charge < -0.3 is 10.1 Å². The highest BCUT2D eigenvalue weighted by Crippen LogP contribution is 2.29. The fraction of sp³-hybridized carbons (Fsp3) is 0. The van der Waals surface area contributed by atoms with Gasteiger partial charge in [0.25, 0.3) is 5.91 Å². The fourth-order valence-corrected chi connectivity index (χ4v) is 2.67. The van der Waals surface area contributed by atoms with Crippen molar-refractivity contribution in [1.29, 1.82) is 0 Å². The first kappa shape index (κ1) is 17.5. The van der Waals surface area contributed by atoms with Crippen LogP contribution in [0.5, 0.6) is 11.5 Å². The second kappa shape index (κ2) is 7.75. The van der Waals surface area contributed by atoms with Gasteiger partial charge in [-0.2, -0.15) is 5.10 Å². The van der Waals surface area contributed by atoms with Crippen molar-refractivity contribution in [1.82, 2.24) is 9.78 Å². The quantitative estimate of drug-likeness (QED) is 0.532. The number of ether oxygens (including phenoxy) is 1. The van der Waals surface area contributed by atoms with Crippen molar-refractivity contribution < 1.29 is 13.9 Å². The maximum Gasteiger partial charge on any atom is 0.276 e. The van der Waals surface area contributed by atoms with Crippen LogP contribution in [0.3, 0.4) is 0 Å². The predicted octanol–water partition coefficient (Wildman–Crippen LogP) is 5.06. The first-order valence-corrected chi connectivity index (χ1v) is 8.64. The predicted molar refractivity (Wildman–Crippen MR) is 104 cm³/mol. The average molecular weight is 373 g/mol. The number of rotatable bonds is 5. The van der Waals surface area contributed by atoms with Crippen LogP contribution >= 0.6 is 0 Å². The number of amides is 1. The number of benzene rings is 3. The first-order valence-electron chi connectivity index (χ1n) is 8.64. The van der Waals surface area contributed by atoms with Crippen LogP contribution in [0.15, 0.2) is 91.1 Å². The molecule has 0 spiro atoms. The van der Waals surface area contributed by atoms with Gasteiger partial charge in [0.15, 0.2) is 11.4 Å². The molecule has 5 nitrogen and oxygen atoms in total. The van der Waals surface area contributed by atoms with Crippen LogP contribution in [0.1, 0.15) is 10.5 Å². The molecule has 0 saturated heterocycles. The van der Waals surface area contributed by atoms with Crippen molar-refractivity contribution in [2.45, 2.75) is 0 Å². The fourth-order valence-electron chi connectivity index (χ4n) is 2.67. The van der Waals surface area contributed by atoms with E-state index in [0.717, 1.165) is 0 Å². The number of anilines is 1. The van der Waals surface area contributed by atoms with Gasteiger partial charge in [-0.25, -0.2) is 9.07 Å². The number of nitrogens with zero attached hydrogens (tertiary/aromatic N) is 2. The van der Waals surface area contributed by atoms with Crippen LogP contribution in [-0.2, 0) is 0 Å². The zero-order valence-corrected chi connectivity index (χ0v) is 14.7. The molecule has 1 heterocycles. The van der Waals surface area contributed by atoms with Gasteiger partial charge in [-0.3, -0.25) is 4.79 Å². The Bertz CT molecular complexity index is 1110. The third-order valence-electron chi connectivity index (χ3n) is 4.00. The summed E-state index contributed by atoms with van der Waals surface area (Å²) in [6, 6.07) is 24.0. The topological polar surface area (TPSA) is 56.1 Å². The van der Waals surface area contributed by atoms with Crippen LogP contribution in [0.4, 0.5) is 10.1 Å². The lowest BCUT2D eigenvalue weighted by Crippen LogP contribution is -2.13. The van der Waals surface area contributed by atoms with E-state index in [1.54, 1.807) is 42.6 Å². The molecule has 4 rings (SSSR count). The van der Waals surface area contributed by atoms with Crippen molar-refractivity contribution in [3.8, 4) is 17.2 Å². The molecular weight excluding hydrogens is 357 g/mol. The molecule has 0 bridgehead atoms. The summed E-state index contributed by atoms with van der Waals surface area (Å²) >= 11 is 0. The second-order valence-corrected chi connectivity index (χ2v) is 5.99. The van der Waals surface area contributed by atoms with E-state index in [1.165, 1.54) is 16.8 Å². The third-order valence-corrected chi connectivity index (χ3v) is 4.00. The lowest BCUT2D eigenvalue weighted by molar-refractivity contribution is 0.102. The number of hydrogen-bond donors (Lipinski definition) is 1. The largest absolute Gasteiger partial charge is 0.455 e. The van der Waals surface area contributed by atoms with Gasteiger partial charge in [-0.05, 0) is 48.5 Å². The molecular formula is C22H16FN3O2. The van der Waals surface area contributed by atoms with Gasteiger partial charge in [-0.1, -0.05) is 36.4 Å². The minimum Gasteiger partial charge on any atom is -0.455 e. The summed E-state index contributed by atoms with van der Waals surface area (Å²) < 4.78 is 20.7. The number of para-hydroxylation sites is 3. The van der Waals surface area contributed by atoms with Crippen molar-refractivity contribution >= 4 is 11.6 Å². The van der Waals surface area contributed by atoms with Gasteiger partial charge in [0, 0.05) is 6.20 Å². The monoisotopic (exact) mass is 373 g/mol. The number of nitrogens with one attached hydrogen (secondary N) is 1. The third kappa shape index (κ3) is 3.91. The van der Waals surface area contributed by atoms with E-state index in [9.17, 15) is 9.18 Å². The molecule has 0 aliphatic heterocycles. The van der Waals surface area contributed by atoms with Crippen LogP contribution < -0.4 is 10.1 Å². The molecule has 138 valence electrons. The Kier molecular flexibility index (Phi) is 4.84. The van der Waals surface area contributed by atoms with Crippen LogP contribution in [0.25, 0.3) is 5.69 Å². The van der Waals surface area contributed by atoms with E-state index in [1.807, 2.05) is 36.4 Å². The summed E-state index contributed by atoms with van der Waals surface area (Å²) in [5.41, 5.74) is 1.27. The summed E-state index contributed by atoms with van der Waals surface area (Å²) in [6.07, 6.45) is 1.61. The van der Waals surface area contributed by atoms with Crippen molar-refractivity contribution in [3.63, 3.8) is 0 Å². The van der Waals surface area contributed by atoms with E-state index in [-0.39, 0.29) is 17.4 Å². The normalized spacial score (nSPS) is 10.5.